The molecule has 7 heteroatoms. The molecule has 0 atom stereocenters. The van der Waals surface area contributed by atoms with Gasteiger partial charge in [-0.05, 0) is 50.0 Å². The van der Waals surface area contributed by atoms with Gasteiger partial charge in [0.2, 0.25) is 0 Å². The van der Waals surface area contributed by atoms with Crippen molar-refractivity contribution >= 4 is 17.4 Å². The minimum Gasteiger partial charge on any atom is -0.307 e. The van der Waals surface area contributed by atoms with Gasteiger partial charge in [0.25, 0.3) is 0 Å². The summed E-state index contributed by atoms with van der Waals surface area (Å²) in [5.74, 6) is 1.83. The van der Waals surface area contributed by atoms with E-state index in [1.165, 1.54) is 30.4 Å². The van der Waals surface area contributed by atoms with Crippen LogP contribution in [0.1, 0.15) is 41.9 Å². The van der Waals surface area contributed by atoms with Gasteiger partial charge < -0.3 is 8.97 Å². The topological polar surface area (TPSA) is 51.2 Å². The first-order valence-electron chi connectivity index (χ1n) is 11.0. The number of thioether (sulfide) groups is 1. The number of aromatic nitrogens is 5. The maximum Gasteiger partial charge on any atom is 0.191 e. The lowest BCUT2D eigenvalue weighted by Crippen LogP contribution is -2.30. The van der Waals surface area contributed by atoms with Crippen LogP contribution in [0, 0.1) is 6.92 Å². The summed E-state index contributed by atoms with van der Waals surface area (Å²) in [6.45, 7) is 6.07. The fourth-order valence-electron chi connectivity index (χ4n) is 4.15. The normalized spacial score (nSPS) is 15.0. The zero-order valence-electron chi connectivity index (χ0n) is 17.9. The van der Waals surface area contributed by atoms with Gasteiger partial charge in [-0.25, -0.2) is 4.98 Å². The summed E-state index contributed by atoms with van der Waals surface area (Å²) in [5.41, 5.74) is 4.54. The van der Waals surface area contributed by atoms with E-state index in [0.29, 0.717) is 0 Å². The second kappa shape index (κ2) is 9.24. The Hall–Kier alpha value is -2.64. The highest BCUT2D eigenvalue weighted by atomic mass is 32.2. The molecule has 5 rings (SSSR count). The number of aryl methyl sites for hydroxylation is 1. The minimum absolute atomic E-state index is 0.775. The quantitative estimate of drug-likeness (QED) is 0.401. The van der Waals surface area contributed by atoms with Gasteiger partial charge in [-0.2, -0.15) is 0 Å². The third-order valence-electron chi connectivity index (χ3n) is 5.79. The number of nitrogens with zero attached hydrogens (tertiary/aromatic N) is 6. The summed E-state index contributed by atoms with van der Waals surface area (Å²) in [6, 6.07) is 14.8. The SMILES string of the molecule is Cc1ccc2nc(CSc3nnc(CN4CCCCC4)n3Cc3ccccc3)cn2c1. The van der Waals surface area contributed by atoms with E-state index in [4.69, 9.17) is 4.98 Å². The number of likely N-dealkylation sites (tertiary alicyclic amines) is 1. The summed E-state index contributed by atoms with van der Waals surface area (Å²) in [4.78, 5) is 7.27. The van der Waals surface area contributed by atoms with Crippen LogP contribution < -0.4 is 0 Å². The number of imidazole rings is 1. The number of hydrogen-bond donors (Lipinski definition) is 0. The van der Waals surface area contributed by atoms with E-state index in [1.807, 2.05) is 0 Å². The molecule has 0 saturated carbocycles. The molecule has 4 aromatic rings. The molecule has 0 unspecified atom stereocenters. The zero-order chi connectivity index (χ0) is 21.0. The largest absolute Gasteiger partial charge is 0.307 e. The second-order valence-corrected chi connectivity index (χ2v) is 9.24. The van der Waals surface area contributed by atoms with Gasteiger partial charge in [-0.15, -0.1) is 10.2 Å². The molecular formula is C24H28N6S. The first-order chi connectivity index (χ1) is 15.2. The number of pyridine rings is 1. The molecule has 1 aromatic carbocycles. The molecule has 0 amide bonds. The van der Waals surface area contributed by atoms with Gasteiger partial charge in [-0.1, -0.05) is 54.6 Å². The molecule has 0 radical (unpaired) electrons. The Labute approximate surface area is 187 Å². The first-order valence-corrected chi connectivity index (χ1v) is 12.0. The highest BCUT2D eigenvalue weighted by molar-refractivity contribution is 7.98. The molecule has 0 N–H and O–H groups in total. The van der Waals surface area contributed by atoms with E-state index in [-0.39, 0.29) is 0 Å². The fourth-order valence-corrected chi connectivity index (χ4v) is 4.99. The van der Waals surface area contributed by atoms with Gasteiger partial charge in [-0.3, -0.25) is 4.90 Å². The van der Waals surface area contributed by atoms with E-state index < -0.39 is 0 Å². The van der Waals surface area contributed by atoms with Crippen LogP contribution in [0.2, 0.25) is 0 Å². The number of fused-ring (bicyclic) bond motifs is 1. The van der Waals surface area contributed by atoms with Crippen LogP contribution in [-0.4, -0.2) is 42.1 Å². The van der Waals surface area contributed by atoms with Crippen LogP contribution in [-0.2, 0) is 18.8 Å². The van der Waals surface area contributed by atoms with Crippen molar-refractivity contribution in [3.63, 3.8) is 0 Å². The Balaban J connectivity index is 1.37. The number of piperidine rings is 1. The molecule has 0 spiro atoms. The summed E-state index contributed by atoms with van der Waals surface area (Å²) >= 11 is 1.72. The highest BCUT2D eigenvalue weighted by Gasteiger charge is 2.18. The smallest absolute Gasteiger partial charge is 0.191 e. The molecule has 0 bridgehead atoms. The van der Waals surface area contributed by atoms with Crippen LogP contribution in [0.5, 0.6) is 0 Å². The van der Waals surface area contributed by atoms with Crippen LogP contribution in [0.25, 0.3) is 5.65 Å². The molecule has 1 aliphatic heterocycles. The molecule has 1 aliphatic rings. The van der Waals surface area contributed by atoms with E-state index in [1.54, 1.807) is 11.8 Å². The van der Waals surface area contributed by atoms with Gasteiger partial charge in [0, 0.05) is 18.1 Å². The Kier molecular flexibility index (Phi) is 6.04. The van der Waals surface area contributed by atoms with Gasteiger partial charge in [0.1, 0.15) is 11.5 Å². The molecule has 1 saturated heterocycles. The van der Waals surface area contributed by atoms with Crippen molar-refractivity contribution in [3.05, 3.63) is 77.5 Å². The average molecular weight is 433 g/mol. The van der Waals surface area contributed by atoms with Crippen molar-refractivity contribution < 1.29 is 0 Å². The Morgan fingerprint density at radius 2 is 1.74 bits per heavy atom. The maximum atomic E-state index is 4.76. The number of rotatable bonds is 7. The van der Waals surface area contributed by atoms with Crippen LogP contribution >= 0.6 is 11.8 Å². The molecule has 4 heterocycles. The Morgan fingerprint density at radius 1 is 0.903 bits per heavy atom. The van der Waals surface area contributed by atoms with Crippen molar-refractivity contribution in [1.82, 2.24) is 29.0 Å². The number of hydrogen-bond acceptors (Lipinski definition) is 5. The van der Waals surface area contributed by atoms with Crippen LogP contribution in [0.3, 0.4) is 0 Å². The molecule has 31 heavy (non-hydrogen) atoms. The fraction of sp³-hybridized carbons (Fsp3) is 0.375. The van der Waals surface area contributed by atoms with E-state index in [0.717, 1.165) is 54.3 Å². The lowest BCUT2D eigenvalue weighted by molar-refractivity contribution is 0.213. The van der Waals surface area contributed by atoms with Crippen LogP contribution in [0.4, 0.5) is 0 Å². The van der Waals surface area contributed by atoms with Crippen LogP contribution in [0.15, 0.2) is 60.0 Å². The summed E-state index contributed by atoms with van der Waals surface area (Å²) in [5, 5.41) is 10.1. The van der Waals surface area contributed by atoms with Crippen molar-refractivity contribution in [1.29, 1.82) is 0 Å². The predicted octanol–water partition coefficient (Wildman–Crippen LogP) is 4.56. The van der Waals surface area contributed by atoms with Crippen molar-refractivity contribution in [2.24, 2.45) is 0 Å². The van der Waals surface area contributed by atoms with E-state index in [2.05, 4.69) is 85.8 Å². The molecular weight excluding hydrogens is 404 g/mol. The average Bonchev–Trinajstić information content (AvgIpc) is 3.37. The van der Waals surface area contributed by atoms with Crippen molar-refractivity contribution in [2.75, 3.05) is 13.1 Å². The van der Waals surface area contributed by atoms with E-state index in [9.17, 15) is 0 Å². The van der Waals surface area contributed by atoms with Crippen molar-refractivity contribution in [2.45, 2.75) is 50.2 Å². The van der Waals surface area contributed by atoms with E-state index >= 15 is 0 Å². The summed E-state index contributed by atoms with van der Waals surface area (Å²) in [6.07, 6.45) is 8.13. The molecule has 6 nitrogen and oxygen atoms in total. The predicted molar refractivity (Wildman–Crippen MR) is 124 cm³/mol. The highest BCUT2D eigenvalue weighted by Crippen LogP contribution is 2.24. The maximum absolute atomic E-state index is 4.76. The number of benzene rings is 1. The summed E-state index contributed by atoms with van der Waals surface area (Å²) in [7, 11) is 0. The molecule has 160 valence electrons. The minimum atomic E-state index is 0.775. The lowest BCUT2D eigenvalue weighted by Gasteiger charge is -2.26. The Bertz CT molecular complexity index is 1140. The monoisotopic (exact) mass is 432 g/mol. The van der Waals surface area contributed by atoms with Gasteiger partial charge in [0.15, 0.2) is 5.16 Å². The molecule has 3 aromatic heterocycles. The second-order valence-electron chi connectivity index (χ2n) is 8.30. The molecule has 0 aliphatic carbocycles. The first kappa shape index (κ1) is 20.3. The third-order valence-corrected chi connectivity index (χ3v) is 6.79. The van der Waals surface area contributed by atoms with Gasteiger partial charge >= 0.3 is 0 Å². The van der Waals surface area contributed by atoms with Crippen molar-refractivity contribution in [3.8, 4) is 0 Å². The third kappa shape index (κ3) is 4.83. The standard InChI is InChI=1S/C24H28N6S/c1-19-10-11-22-25-21(16-29(22)14-19)18-31-24-27-26-23(17-28-12-6-3-7-13-28)30(24)15-20-8-4-2-5-9-20/h2,4-5,8-11,14,16H,3,6-7,12-13,15,17-18H2,1H3. The summed E-state index contributed by atoms with van der Waals surface area (Å²) < 4.78 is 4.39. The zero-order valence-corrected chi connectivity index (χ0v) is 18.8. The van der Waals surface area contributed by atoms with Gasteiger partial charge in [0.05, 0.1) is 18.8 Å². The Morgan fingerprint density at radius 3 is 2.58 bits per heavy atom. The molecule has 1 fully saturated rings. The lowest BCUT2D eigenvalue weighted by atomic mass is 10.1.